The standard InChI is InChI=1S/C17H17BrClNO2/c1-10-7-15(8-11(2)16(10)19)22-12(3)17(21)20-14-6-4-5-13(18)9-14/h4-9,12H,1-3H3,(H,20,21)/t12-/m0/s1. The quantitative estimate of drug-likeness (QED) is 0.796. The van der Waals surface area contributed by atoms with Crippen LogP contribution >= 0.6 is 27.5 Å². The highest BCUT2D eigenvalue weighted by Crippen LogP contribution is 2.26. The molecule has 2 aromatic rings. The van der Waals surface area contributed by atoms with Gasteiger partial charge in [-0.25, -0.2) is 0 Å². The zero-order chi connectivity index (χ0) is 16.3. The summed E-state index contributed by atoms with van der Waals surface area (Å²) in [6.07, 6.45) is -0.612. The Morgan fingerprint density at radius 2 is 1.86 bits per heavy atom. The fourth-order valence-corrected chi connectivity index (χ4v) is 2.55. The normalized spacial score (nSPS) is 11.9. The first-order chi connectivity index (χ1) is 10.4. The van der Waals surface area contributed by atoms with Crippen molar-refractivity contribution in [3.63, 3.8) is 0 Å². The molecular formula is C17H17BrClNO2. The van der Waals surface area contributed by atoms with E-state index in [1.54, 1.807) is 6.92 Å². The van der Waals surface area contributed by atoms with Crippen LogP contribution in [-0.2, 0) is 4.79 Å². The van der Waals surface area contributed by atoms with Gasteiger partial charge in [-0.1, -0.05) is 33.6 Å². The van der Waals surface area contributed by atoms with Crippen molar-refractivity contribution in [1.29, 1.82) is 0 Å². The second kappa shape index (κ2) is 7.16. The Bertz CT molecular complexity index is 680. The number of rotatable bonds is 4. The van der Waals surface area contributed by atoms with Crippen molar-refractivity contribution in [3.05, 3.63) is 57.0 Å². The van der Waals surface area contributed by atoms with Crippen LogP contribution in [0.3, 0.4) is 0 Å². The van der Waals surface area contributed by atoms with Crippen LogP contribution < -0.4 is 10.1 Å². The molecule has 0 spiro atoms. The summed E-state index contributed by atoms with van der Waals surface area (Å²) in [5.41, 5.74) is 2.57. The molecule has 0 radical (unpaired) electrons. The van der Waals surface area contributed by atoms with Gasteiger partial charge in [-0.05, 0) is 62.2 Å². The van der Waals surface area contributed by atoms with Gasteiger partial charge in [0.05, 0.1) is 0 Å². The maximum atomic E-state index is 12.2. The molecule has 0 fully saturated rings. The van der Waals surface area contributed by atoms with Crippen molar-refractivity contribution < 1.29 is 9.53 Å². The molecule has 0 aliphatic carbocycles. The molecule has 116 valence electrons. The van der Waals surface area contributed by atoms with Crippen LogP contribution in [0.2, 0.25) is 5.02 Å². The number of benzene rings is 2. The third kappa shape index (κ3) is 4.24. The van der Waals surface area contributed by atoms with Crippen molar-refractivity contribution in [2.75, 3.05) is 5.32 Å². The maximum Gasteiger partial charge on any atom is 0.265 e. The Morgan fingerprint density at radius 3 is 2.45 bits per heavy atom. The highest BCUT2D eigenvalue weighted by atomic mass is 79.9. The van der Waals surface area contributed by atoms with Gasteiger partial charge in [-0.2, -0.15) is 0 Å². The van der Waals surface area contributed by atoms with Crippen LogP contribution in [0.5, 0.6) is 5.75 Å². The van der Waals surface area contributed by atoms with E-state index in [9.17, 15) is 4.79 Å². The molecule has 0 aliphatic heterocycles. The summed E-state index contributed by atoms with van der Waals surface area (Å²) in [6.45, 7) is 5.54. The minimum atomic E-state index is -0.612. The number of ether oxygens (including phenoxy) is 1. The summed E-state index contributed by atoms with van der Waals surface area (Å²) in [6, 6.07) is 11.1. The maximum absolute atomic E-state index is 12.2. The van der Waals surface area contributed by atoms with Crippen molar-refractivity contribution in [2.24, 2.45) is 0 Å². The summed E-state index contributed by atoms with van der Waals surface area (Å²) in [5, 5.41) is 3.54. The average molecular weight is 383 g/mol. The molecule has 1 amide bonds. The summed E-state index contributed by atoms with van der Waals surface area (Å²) < 4.78 is 6.62. The molecule has 0 aromatic heterocycles. The molecule has 0 saturated heterocycles. The monoisotopic (exact) mass is 381 g/mol. The highest BCUT2D eigenvalue weighted by molar-refractivity contribution is 9.10. The van der Waals surface area contributed by atoms with E-state index in [1.165, 1.54) is 0 Å². The van der Waals surface area contributed by atoms with Gasteiger partial charge < -0.3 is 10.1 Å². The molecule has 0 bridgehead atoms. The summed E-state index contributed by atoms with van der Waals surface area (Å²) in [4.78, 5) is 12.2. The van der Waals surface area contributed by atoms with E-state index >= 15 is 0 Å². The number of anilines is 1. The van der Waals surface area contributed by atoms with E-state index < -0.39 is 6.10 Å². The van der Waals surface area contributed by atoms with Crippen molar-refractivity contribution in [2.45, 2.75) is 26.9 Å². The molecular weight excluding hydrogens is 366 g/mol. The van der Waals surface area contributed by atoms with Gasteiger partial charge in [-0.15, -0.1) is 0 Å². The lowest BCUT2D eigenvalue weighted by molar-refractivity contribution is -0.122. The number of carbonyl (C=O) groups is 1. The van der Waals surface area contributed by atoms with Crippen LogP contribution in [0.1, 0.15) is 18.1 Å². The lowest BCUT2D eigenvalue weighted by atomic mass is 10.1. The second-order valence-electron chi connectivity index (χ2n) is 5.13. The third-order valence-corrected chi connectivity index (χ3v) is 4.27. The number of aryl methyl sites for hydroxylation is 2. The molecule has 0 unspecified atom stereocenters. The fraction of sp³-hybridized carbons (Fsp3) is 0.235. The first-order valence-electron chi connectivity index (χ1n) is 6.86. The van der Waals surface area contributed by atoms with Gasteiger partial charge in [0.15, 0.2) is 6.10 Å². The van der Waals surface area contributed by atoms with Crippen molar-refractivity contribution in [1.82, 2.24) is 0 Å². The first-order valence-corrected chi connectivity index (χ1v) is 8.03. The van der Waals surface area contributed by atoms with Gasteiger partial charge in [0.25, 0.3) is 5.91 Å². The van der Waals surface area contributed by atoms with Crippen LogP contribution in [-0.4, -0.2) is 12.0 Å². The number of nitrogens with one attached hydrogen (secondary N) is 1. The number of amides is 1. The number of hydrogen-bond acceptors (Lipinski definition) is 2. The van der Waals surface area contributed by atoms with Gasteiger partial charge in [-0.3, -0.25) is 4.79 Å². The predicted octanol–water partition coefficient (Wildman–Crippen LogP) is 5.13. The Labute approximate surface area is 143 Å². The van der Waals surface area contributed by atoms with E-state index in [2.05, 4.69) is 21.2 Å². The van der Waals surface area contributed by atoms with Gasteiger partial charge in [0, 0.05) is 15.2 Å². The Hall–Kier alpha value is -1.52. The van der Waals surface area contributed by atoms with Gasteiger partial charge in [0.2, 0.25) is 0 Å². The summed E-state index contributed by atoms with van der Waals surface area (Å²) in [5.74, 6) is 0.430. The smallest absolute Gasteiger partial charge is 0.265 e. The van der Waals surface area contributed by atoms with Crippen LogP contribution in [0.25, 0.3) is 0 Å². The summed E-state index contributed by atoms with van der Waals surface area (Å²) >= 11 is 9.50. The predicted molar refractivity (Wildman–Crippen MR) is 93.8 cm³/mol. The van der Waals surface area contributed by atoms with E-state index in [-0.39, 0.29) is 5.91 Å². The number of halogens is 2. The van der Waals surface area contributed by atoms with E-state index in [0.717, 1.165) is 26.3 Å². The molecule has 0 aliphatic rings. The molecule has 5 heteroatoms. The minimum Gasteiger partial charge on any atom is -0.481 e. The highest BCUT2D eigenvalue weighted by Gasteiger charge is 2.16. The molecule has 2 rings (SSSR count). The van der Waals surface area contributed by atoms with Crippen molar-refractivity contribution >= 4 is 39.1 Å². The SMILES string of the molecule is Cc1cc(O[C@@H](C)C(=O)Nc2cccc(Br)c2)cc(C)c1Cl. The van der Waals surface area contributed by atoms with Crippen LogP contribution in [0.4, 0.5) is 5.69 Å². The van der Waals surface area contributed by atoms with Gasteiger partial charge in [0.1, 0.15) is 5.75 Å². The lowest BCUT2D eigenvalue weighted by Crippen LogP contribution is -2.30. The molecule has 2 aromatic carbocycles. The van der Waals surface area contributed by atoms with Crippen LogP contribution in [0.15, 0.2) is 40.9 Å². The minimum absolute atomic E-state index is 0.205. The molecule has 0 heterocycles. The van der Waals surface area contributed by atoms with Crippen LogP contribution in [0, 0.1) is 13.8 Å². The number of carbonyl (C=O) groups excluding carboxylic acids is 1. The van der Waals surface area contributed by atoms with Gasteiger partial charge >= 0.3 is 0 Å². The largest absolute Gasteiger partial charge is 0.481 e. The second-order valence-corrected chi connectivity index (χ2v) is 6.42. The molecule has 0 saturated carbocycles. The molecule has 1 atom stereocenters. The zero-order valence-corrected chi connectivity index (χ0v) is 15.0. The zero-order valence-electron chi connectivity index (χ0n) is 12.6. The Morgan fingerprint density at radius 1 is 1.23 bits per heavy atom. The van der Waals surface area contributed by atoms with E-state index in [4.69, 9.17) is 16.3 Å². The van der Waals surface area contributed by atoms with E-state index in [1.807, 2.05) is 50.2 Å². The van der Waals surface area contributed by atoms with Crippen molar-refractivity contribution in [3.8, 4) is 5.75 Å². The molecule has 22 heavy (non-hydrogen) atoms. The number of hydrogen-bond donors (Lipinski definition) is 1. The average Bonchev–Trinajstić information content (AvgIpc) is 2.44. The Balaban J connectivity index is 2.05. The molecule has 3 nitrogen and oxygen atoms in total. The van der Waals surface area contributed by atoms with E-state index in [0.29, 0.717) is 5.75 Å². The Kier molecular flexibility index (Phi) is 5.48. The first kappa shape index (κ1) is 16.8. The fourth-order valence-electron chi connectivity index (χ4n) is 2.04. The third-order valence-electron chi connectivity index (χ3n) is 3.18. The lowest BCUT2D eigenvalue weighted by Gasteiger charge is -2.16. The summed E-state index contributed by atoms with van der Waals surface area (Å²) in [7, 11) is 0. The molecule has 1 N–H and O–H groups in total. The topological polar surface area (TPSA) is 38.3 Å².